The highest BCUT2D eigenvalue weighted by Crippen LogP contribution is 2.09. The minimum atomic E-state index is 0.559. The molecule has 1 aliphatic heterocycles. The van der Waals surface area contributed by atoms with Crippen molar-refractivity contribution in [3.8, 4) is 0 Å². The number of nitrogens with two attached hydrogens (primary N) is 2. The van der Waals surface area contributed by atoms with Gasteiger partial charge in [-0.2, -0.15) is 5.10 Å². The van der Waals surface area contributed by atoms with Gasteiger partial charge in [0.2, 0.25) is 0 Å². The van der Waals surface area contributed by atoms with Gasteiger partial charge in [-0.15, -0.1) is 0 Å². The van der Waals surface area contributed by atoms with Gasteiger partial charge in [0.15, 0.2) is 0 Å². The topological polar surface area (TPSA) is 67.6 Å². The van der Waals surface area contributed by atoms with E-state index in [1.54, 1.807) is 0 Å². The molecular weight excluding hydrogens is 164 g/mol. The molecule has 0 aromatic carbocycles. The van der Waals surface area contributed by atoms with Gasteiger partial charge in [0.1, 0.15) is 5.84 Å². The first-order chi connectivity index (χ1) is 6.33. The van der Waals surface area contributed by atoms with Crippen molar-refractivity contribution in [2.24, 2.45) is 16.7 Å². The maximum absolute atomic E-state index is 5.53. The van der Waals surface area contributed by atoms with E-state index in [1.165, 1.54) is 38.8 Å². The maximum atomic E-state index is 5.53. The molecule has 4 heteroatoms. The van der Waals surface area contributed by atoms with Crippen LogP contribution >= 0.6 is 0 Å². The molecule has 0 aromatic heterocycles. The summed E-state index contributed by atoms with van der Waals surface area (Å²) in [7, 11) is 0. The zero-order chi connectivity index (χ0) is 9.52. The summed E-state index contributed by atoms with van der Waals surface area (Å²) in [5.74, 6) is 5.62. The fourth-order valence-electron chi connectivity index (χ4n) is 1.70. The van der Waals surface area contributed by atoms with Crippen LogP contribution in [0.4, 0.5) is 0 Å². The summed E-state index contributed by atoms with van der Waals surface area (Å²) < 4.78 is 0. The van der Waals surface area contributed by atoms with Gasteiger partial charge in [-0.25, -0.2) is 0 Å². The smallest absolute Gasteiger partial charge is 0.120 e. The molecule has 1 fully saturated rings. The summed E-state index contributed by atoms with van der Waals surface area (Å²) in [6, 6.07) is 0. The van der Waals surface area contributed by atoms with E-state index < -0.39 is 0 Å². The molecule has 1 saturated heterocycles. The molecule has 0 radical (unpaired) electrons. The highest BCUT2D eigenvalue weighted by molar-refractivity contribution is 5.80. The van der Waals surface area contributed by atoms with Crippen LogP contribution in [0.3, 0.4) is 0 Å². The standard InChI is InChI=1S/C9H20N4/c10-9(12-11)5-8-13-6-3-1-2-4-7-13/h1-8,11H2,(H2,10,12). The van der Waals surface area contributed by atoms with Crippen molar-refractivity contribution in [2.45, 2.75) is 32.1 Å². The first kappa shape index (κ1) is 10.3. The molecule has 0 unspecified atom stereocenters. The highest BCUT2D eigenvalue weighted by Gasteiger charge is 2.08. The molecule has 0 aliphatic carbocycles. The van der Waals surface area contributed by atoms with E-state index in [4.69, 9.17) is 11.6 Å². The van der Waals surface area contributed by atoms with Crippen molar-refractivity contribution in [3.05, 3.63) is 0 Å². The van der Waals surface area contributed by atoms with Crippen LogP contribution in [0.5, 0.6) is 0 Å². The fourth-order valence-corrected chi connectivity index (χ4v) is 1.70. The van der Waals surface area contributed by atoms with Crippen molar-refractivity contribution in [1.82, 2.24) is 4.90 Å². The first-order valence-electron chi connectivity index (χ1n) is 5.07. The summed E-state index contributed by atoms with van der Waals surface area (Å²) in [5.41, 5.74) is 5.53. The lowest BCUT2D eigenvalue weighted by Gasteiger charge is -2.18. The number of rotatable bonds is 3. The molecule has 0 aromatic rings. The zero-order valence-electron chi connectivity index (χ0n) is 8.21. The van der Waals surface area contributed by atoms with Gasteiger partial charge in [-0.1, -0.05) is 12.8 Å². The van der Waals surface area contributed by atoms with Crippen molar-refractivity contribution in [2.75, 3.05) is 19.6 Å². The Bertz CT molecular complexity index is 159. The minimum absolute atomic E-state index is 0.559. The normalized spacial score (nSPS) is 21.4. The Morgan fingerprint density at radius 1 is 1.15 bits per heavy atom. The number of hydrogen-bond acceptors (Lipinski definition) is 3. The lowest BCUT2D eigenvalue weighted by atomic mass is 10.2. The van der Waals surface area contributed by atoms with Crippen molar-refractivity contribution < 1.29 is 0 Å². The highest BCUT2D eigenvalue weighted by atomic mass is 15.2. The van der Waals surface area contributed by atoms with Crippen LogP contribution in [-0.2, 0) is 0 Å². The first-order valence-corrected chi connectivity index (χ1v) is 5.07. The predicted molar refractivity (Wildman–Crippen MR) is 55.3 cm³/mol. The van der Waals surface area contributed by atoms with Gasteiger partial charge in [0.25, 0.3) is 0 Å². The SMILES string of the molecule is N/N=C(\N)CCN1CCCCCC1. The summed E-state index contributed by atoms with van der Waals surface area (Å²) in [4.78, 5) is 2.45. The summed E-state index contributed by atoms with van der Waals surface area (Å²) in [6.45, 7) is 3.42. The third-order valence-corrected chi connectivity index (χ3v) is 2.55. The Kier molecular flexibility index (Phi) is 4.60. The van der Waals surface area contributed by atoms with Gasteiger partial charge in [0, 0.05) is 13.0 Å². The molecule has 1 aliphatic rings. The van der Waals surface area contributed by atoms with Crippen molar-refractivity contribution >= 4 is 5.84 Å². The summed E-state index contributed by atoms with van der Waals surface area (Å²) in [5, 5.41) is 3.46. The van der Waals surface area contributed by atoms with Crippen LogP contribution in [-0.4, -0.2) is 30.4 Å². The second-order valence-corrected chi connectivity index (χ2v) is 3.63. The molecule has 0 saturated carbocycles. The van der Waals surface area contributed by atoms with Gasteiger partial charge in [0.05, 0.1) is 0 Å². The fraction of sp³-hybridized carbons (Fsp3) is 0.889. The Morgan fingerprint density at radius 3 is 2.31 bits per heavy atom. The average molecular weight is 184 g/mol. The number of likely N-dealkylation sites (tertiary alicyclic amines) is 1. The number of amidine groups is 1. The van der Waals surface area contributed by atoms with Crippen LogP contribution in [0.15, 0.2) is 5.10 Å². The largest absolute Gasteiger partial charge is 0.386 e. The van der Waals surface area contributed by atoms with Gasteiger partial charge >= 0.3 is 0 Å². The molecular formula is C9H20N4. The maximum Gasteiger partial charge on any atom is 0.120 e. The van der Waals surface area contributed by atoms with Crippen LogP contribution in [0.1, 0.15) is 32.1 Å². The third kappa shape index (κ3) is 4.12. The molecule has 76 valence electrons. The van der Waals surface area contributed by atoms with E-state index in [0.717, 1.165) is 13.0 Å². The predicted octanol–water partition coefficient (Wildman–Crippen LogP) is 0.483. The molecule has 0 amide bonds. The quantitative estimate of drug-likeness (QED) is 0.290. The molecule has 13 heavy (non-hydrogen) atoms. The van der Waals surface area contributed by atoms with E-state index in [0.29, 0.717) is 5.84 Å². The summed E-state index contributed by atoms with van der Waals surface area (Å²) in [6.07, 6.45) is 6.18. The molecule has 0 atom stereocenters. The molecule has 0 spiro atoms. The van der Waals surface area contributed by atoms with Crippen LogP contribution in [0, 0.1) is 0 Å². The number of hydrazone groups is 1. The lowest BCUT2D eigenvalue weighted by Crippen LogP contribution is -2.29. The van der Waals surface area contributed by atoms with Crippen LogP contribution < -0.4 is 11.6 Å². The van der Waals surface area contributed by atoms with E-state index in [2.05, 4.69) is 10.0 Å². The molecule has 1 rings (SSSR count). The lowest BCUT2D eigenvalue weighted by molar-refractivity contribution is 0.293. The second-order valence-electron chi connectivity index (χ2n) is 3.63. The van der Waals surface area contributed by atoms with E-state index in [-0.39, 0.29) is 0 Å². The van der Waals surface area contributed by atoms with Crippen LogP contribution in [0.2, 0.25) is 0 Å². The van der Waals surface area contributed by atoms with Gasteiger partial charge in [-0.3, -0.25) is 0 Å². The molecule has 1 heterocycles. The average Bonchev–Trinajstić information content (AvgIpc) is 2.42. The van der Waals surface area contributed by atoms with E-state index >= 15 is 0 Å². The monoisotopic (exact) mass is 184 g/mol. The zero-order valence-corrected chi connectivity index (χ0v) is 8.21. The van der Waals surface area contributed by atoms with E-state index in [1.807, 2.05) is 0 Å². The van der Waals surface area contributed by atoms with Gasteiger partial charge < -0.3 is 16.5 Å². The van der Waals surface area contributed by atoms with E-state index in [9.17, 15) is 0 Å². The molecule has 0 bridgehead atoms. The number of hydrogen-bond donors (Lipinski definition) is 2. The van der Waals surface area contributed by atoms with Crippen LogP contribution in [0.25, 0.3) is 0 Å². The minimum Gasteiger partial charge on any atom is -0.386 e. The third-order valence-electron chi connectivity index (χ3n) is 2.55. The molecule has 4 N–H and O–H groups in total. The second kappa shape index (κ2) is 5.80. The molecule has 4 nitrogen and oxygen atoms in total. The Hall–Kier alpha value is -0.770. The Labute approximate surface area is 80.0 Å². The Morgan fingerprint density at radius 2 is 1.77 bits per heavy atom. The Balaban J connectivity index is 2.19. The van der Waals surface area contributed by atoms with Gasteiger partial charge in [-0.05, 0) is 25.9 Å². The van der Waals surface area contributed by atoms with Crippen molar-refractivity contribution in [3.63, 3.8) is 0 Å². The number of nitrogens with zero attached hydrogens (tertiary/aromatic N) is 2. The van der Waals surface area contributed by atoms with Crippen molar-refractivity contribution in [1.29, 1.82) is 0 Å². The summed E-state index contributed by atoms with van der Waals surface area (Å²) >= 11 is 0.